The summed E-state index contributed by atoms with van der Waals surface area (Å²) in [6, 6.07) is 13.7. The summed E-state index contributed by atoms with van der Waals surface area (Å²) in [4.78, 5) is 14.0. The number of allylic oxidation sites excluding steroid dienone is 3. The van der Waals surface area contributed by atoms with Crippen LogP contribution in [-0.4, -0.2) is 48.6 Å². The molecule has 0 spiro atoms. The highest BCUT2D eigenvalue weighted by Gasteiger charge is 2.15. The van der Waals surface area contributed by atoms with Crippen LogP contribution in [0.15, 0.2) is 65.9 Å². The molecule has 4 N–H and O–H groups in total. The summed E-state index contributed by atoms with van der Waals surface area (Å²) >= 11 is 0. The standard InChI is InChI=1S/C27H30N6O.H2/c1-3-23(27(29)20-6-4-5-18(9-20)17-34-2)24-7-8-25-26(33-24)10-21(16-32-25)22(11-28)15-31-14-19-12-30-13-19;/h3-11,15-16,19,29-30H,12-14,17,28H2,1-2H3;1H/b22-11+,23-3-,29-27?,31-15?;. The molecule has 1 aromatic carbocycles. The largest absolute Gasteiger partial charge is 0.404 e. The lowest BCUT2D eigenvalue weighted by atomic mass is 9.97. The molecule has 3 aromatic rings. The van der Waals surface area contributed by atoms with Crippen molar-refractivity contribution in [2.45, 2.75) is 13.5 Å². The van der Waals surface area contributed by atoms with Crippen molar-refractivity contribution in [3.8, 4) is 0 Å². The first kappa shape index (κ1) is 23.5. The number of hydrogen-bond donors (Lipinski definition) is 3. The molecule has 7 heteroatoms. The van der Waals surface area contributed by atoms with Crippen LogP contribution in [0, 0.1) is 11.3 Å². The van der Waals surface area contributed by atoms with E-state index in [1.165, 1.54) is 0 Å². The van der Waals surface area contributed by atoms with Gasteiger partial charge in [-0.1, -0.05) is 24.3 Å². The number of fused-ring (bicyclic) bond motifs is 1. The minimum Gasteiger partial charge on any atom is -0.404 e. The lowest BCUT2D eigenvalue weighted by Crippen LogP contribution is -2.43. The van der Waals surface area contributed by atoms with Crippen LogP contribution in [0.1, 0.15) is 30.7 Å². The molecule has 1 saturated heterocycles. The van der Waals surface area contributed by atoms with Gasteiger partial charge in [-0.3, -0.25) is 15.4 Å². The zero-order valence-electron chi connectivity index (χ0n) is 19.6. The highest BCUT2D eigenvalue weighted by molar-refractivity contribution is 6.30. The van der Waals surface area contributed by atoms with Crippen molar-refractivity contribution in [3.05, 3.63) is 83.3 Å². The Hall–Kier alpha value is -3.68. The Labute approximate surface area is 201 Å². The van der Waals surface area contributed by atoms with E-state index in [0.29, 0.717) is 18.2 Å². The Morgan fingerprint density at radius 3 is 2.79 bits per heavy atom. The van der Waals surface area contributed by atoms with Gasteiger partial charge in [0, 0.05) is 75.0 Å². The molecule has 0 aliphatic carbocycles. The summed E-state index contributed by atoms with van der Waals surface area (Å²) in [7, 11) is 1.67. The number of benzene rings is 1. The first-order valence-corrected chi connectivity index (χ1v) is 11.4. The van der Waals surface area contributed by atoms with Crippen LogP contribution < -0.4 is 11.1 Å². The molecule has 0 atom stereocenters. The van der Waals surface area contributed by atoms with E-state index in [0.717, 1.165) is 64.2 Å². The molecule has 0 saturated carbocycles. The molecule has 0 unspecified atom stereocenters. The molecule has 4 rings (SSSR count). The van der Waals surface area contributed by atoms with Gasteiger partial charge in [0.15, 0.2) is 0 Å². The number of hydrogen-bond acceptors (Lipinski definition) is 7. The topological polar surface area (TPSA) is 109 Å². The van der Waals surface area contributed by atoms with Crippen LogP contribution >= 0.6 is 0 Å². The van der Waals surface area contributed by atoms with Crippen molar-refractivity contribution in [1.82, 2.24) is 15.3 Å². The number of pyridine rings is 2. The first-order valence-electron chi connectivity index (χ1n) is 11.4. The quantitative estimate of drug-likeness (QED) is 0.420. The molecule has 7 nitrogen and oxygen atoms in total. The van der Waals surface area contributed by atoms with Crippen molar-refractivity contribution in [2.24, 2.45) is 16.6 Å². The highest BCUT2D eigenvalue weighted by Crippen LogP contribution is 2.23. The number of rotatable bonds is 9. The van der Waals surface area contributed by atoms with Crippen LogP contribution in [0.3, 0.4) is 0 Å². The summed E-state index contributed by atoms with van der Waals surface area (Å²) in [5, 5.41) is 12.1. The van der Waals surface area contributed by atoms with E-state index in [1.807, 2.05) is 61.7 Å². The average molecular weight is 457 g/mol. The molecule has 0 radical (unpaired) electrons. The van der Waals surface area contributed by atoms with Gasteiger partial charge in [-0.25, -0.2) is 4.98 Å². The molecule has 0 amide bonds. The van der Waals surface area contributed by atoms with Gasteiger partial charge in [0.2, 0.25) is 0 Å². The van der Waals surface area contributed by atoms with Gasteiger partial charge in [0.25, 0.3) is 0 Å². The third kappa shape index (κ3) is 5.27. The monoisotopic (exact) mass is 456 g/mol. The number of nitrogens with zero attached hydrogens (tertiary/aromatic N) is 3. The van der Waals surface area contributed by atoms with Gasteiger partial charge in [0.05, 0.1) is 29.0 Å². The molecule has 1 fully saturated rings. The average Bonchev–Trinajstić information content (AvgIpc) is 2.83. The maximum atomic E-state index is 8.82. The number of methoxy groups -OCH3 is 1. The smallest absolute Gasteiger partial charge is 0.0900 e. The molecule has 3 heterocycles. The molecule has 34 heavy (non-hydrogen) atoms. The number of aromatic nitrogens is 2. The fourth-order valence-corrected chi connectivity index (χ4v) is 3.87. The Morgan fingerprint density at radius 1 is 1.24 bits per heavy atom. The molecule has 1 aliphatic heterocycles. The predicted octanol–water partition coefficient (Wildman–Crippen LogP) is 4.08. The van der Waals surface area contributed by atoms with Crippen molar-refractivity contribution >= 4 is 34.1 Å². The van der Waals surface area contributed by atoms with Gasteiger partial charge in [-0.15, -0.1) is 0 Å². The molecular weight excluding hydrogens is 424 g/mol. The molecule has 0 bridgehead atoms. The number of nitrogens with one attached hydrogen (secondary N) is 2. The van der Waals surface area contributed by atoms with E-state index >= 15 is 0 Å². The number of aliphatic imine (C=N–C) groups is 1. The van der Waals surface area contributed by atoms with Crippen LogP contribution in [0.4, 0.5) is 0 Å². The van der Waals surface area contributed by atoms with E-state index in [2.05, 4.69) is 15.3 Å². The molecule has 2 aromatic heterocycles. The van der Waals surface area contributed by atoms with E-state index in [4.69, 9.17) is 20.9 Å². The second-order valence-electron chi connectivity index (χ2n) is 8.31. The summed E-state index contributed by atoms with van der Waals surface area (Å²) < 4.78 is 5.24. The highest BCUT2D eigenvalue weighted by atomic mass is 16.5. The lowest BCUT2D eigenvalue weighted by Gasteiger charge is -2.24. The van der Waals surface area contributed by atoms with Gasteiger partial charge in [-0.05, 0) is 36.8 Å². The predicted molar refractivity (Wildman–Crippen MR) is 141 cm³/mol. The second-order valence-corrected chi connectivity index (χ2v) is 8.31. The Morgan fingerprint density at radius 2 is 2.09 bits per heavy atom. The van der Waals surface area contributed by atoms with Crippen molar-refractivity contribution < 1.29 is 6.16 Å². The van der Waals surface area contributed by atoms with Gasteiger partial charge in [-0.2, -0.15) is 0 Å². The van der Waals surface area contributed by atoms with Gasteiger partial charge >= 0.3 is 0 Å². The summed E-state index contributed by atoms with van der Waals surface area (Å²) in [5.74, 6) is 0.596. The lowest BCUT2D eigenvalue weighted by molar-refractivity contribution is 0.185. The van der Waals surface area contributed by atoms with Crippen molar-refractivity contribution in [2.75, 3.05) is 26.7 Å². The zero-order valence-corrected chi connectivity index (χ0v) is 19.6. The van der Waals surface area contributed by atoms with E-state index in [-0.39, 0.29) is 1.43 Å². The normalized spacial score (nSPS) is 15.1. The summed E-state index contributed by atoms with van der Waals surface area (Å²) in [5.41, 5.74) is 12.8. The first-order chi connectivity index (χ1) is 16.6. The second kappa shape index (κ2) is 11.0. The SMILES string of the molecule is C/C=C(\C(=N)c1cccc(COC)c1)c1ccc2ncc(/C(C=NCC3CNC3)=C/N)cc2n1.[HH]. The summed E-state index contributed by atoms with van der Waals surface area (Å²) in [6.07, 6.45) is 7.07. The van der Waals surface area contributed by atoms with Gasteiger partial charge < -0.3 is 15.8 Å². The Balaban J connectivity index is 0.00000342. The van der Waals surface area contributed by atoms with Crippen molar-refractivity contribution in [1.29, 1.82) is 5.41 Å². The van der Waals surface area contributed by atoms with Crippen LogP contribution in [0.5, 0.6) is 0 Å². The van der Waals surface area contributed by atoms with E-state index in [1.54, 1.807) is 19.5 Å². The Bertz CT molecular complexity index is 1280. The Kier molecular flexibility index (Phi) is 7.57. The zero-order chi connectivity index (χ0) is 23.9. The molecule has 1 aliphatic rings. The van der Waals surface area contributed by atoms with Crippen molar-refractivity contribution in [3.63, 3.8) is 0 Å². The molecular formula is C27H32N6O. The summed E-state index contributed by atoms with van der Waals surface area (Å²) in [6.45, 7) is 5.25. The van der Waals surface area contributed by atoms with Crippen LogP contribution in [-0.2, 0) is 11.3 Å². The minimum absolute atomic E-state index is 0. The fourth-order valence-electron chi connectivity index (χ4n) is 3.87. The maximum Gasteiger partial charge on any atom is 0.0900 e. The third-order valence-electron chi connectivity index (χ3n) is 5.87. The number of ether oxygens (including phenoxy) is 1. The van der Waals surface area contributed by atoms with Gasteiger partial charge in [0.1, 0.15) is 0 Å². The van der Waals surface area contributed by atoms with E-state index in [9.17, 15) is 0 Å². The van der Waals surface area contributed by atoms with E-state index < -0.39 is 0 Å². The van der Waals surface area contributed by atoms with Crippen LogP contribution in [0.25, 0.3) is 22.2 Å². The number of nitrogens with two attached hydrogens (primary N) is 1. The fraction of sp³-hybridized carbons (Fsp3) is 0.259. The minimum atomic E-state index is 0. The maximum absolute atomic E-state index is 8.82. The molecule has 176 valence electrons. The third-order valence-corrected chi connectivity index (χ3v) is 5.87. The van der Waals surface area contributed by atoms with Crippen LogP contribution in [0.2, 0.25) is 0 Å².